The molecule has 3 rings (SSSR count). The summed E-state index contributed by atoms with van der Waals surface area (Å²) in [5.74, 6) is 0.876. The van der Waals surface area contributed by atoms with E-state index in [1.807, 2.05) is 18.2 Å². The molecule has 0 fully saturated rings. The summed E-state index contributed by atoms with van der Waals surface area (Å²) in [6, 6.07) is 26.9. The highest BCUT2D eigenvalue weighted by Crippen LogP contribution is 2.27. The van der Waals surface area contributed by atoms with Crippen LogP contribution in [0.4, 0.5) is 0 Å². The average Bonchev–Trinajstić information content (AvgIpc) is 2.61. The molecule has 3 aromatic rings. The SMILES string of the molecule is COc1ccc(-c2ccccc2C=Cc2ccccc2)cc1. The molecule has 0 aliphatic carbocycles. The summed E-state index contributed by atoms with van der Waals surface area (Å²) in [6.45, 7) is 0. The van der Waals surface area contributed by atoms with Gasteiger partial charge in [0.05, 0.1) is 7.11 Å². The maximum atomic E-state index is 5.23. The van der Waals surface area contributed by atoms with Gasteiger partial charge in [-0.1, -0.05) is 78.9 Å². The van der Waals surface area contributed by atoms with E-state index in [1.54, 1.807) is 7.11 Å². The Morgan fingerprint density at radius 3 is 2.09 bits per heavy atom. The minimum absolute atomic E-state index is 0.876. The van der Waals surface area contributed by atoms with E-state index < -0.39 is 0 Å². The predicted molar refractivity (Wildman–Crippen MR) is 93.8 cm³/mol. The van der Waals surface area contributed by atoms with Gasteiger partial charge in [0.25, 0.3) is 0 Å². The second-order valence-electron chi connectivity index (χ2n) is 5.06. The lowest BCUT2D eigenvalue weighted by molar-refractivity contribution is 0.415. The van der Waals surface area contributed by atoms with E-state index in [1.165, 1.54) is 22.3 Å². The fourth-order valence-corrected chi connectivity index (χ4v) is 2.43. The van der Waals surface area contributed by atoms with Gasteiger partial charge in [-0.05, 0) is 34.4 Å². The van der Waals surface area contributed by atoms with Crippen molar-refractivity contribution in [2.75, 3.05) is 7.11 Å². The molecule has 0 atom stereocenters. The van der Waals surface area contributed by atoms with Crippen molar-refractivity contribution < 1.29 is 4.74 Å². The highest BCUT2D eigenvalue weighted by Gasteiger charge is 2.02. The number of ether oxygens (including phenoxy) is 1. The molecule has 0 bridgehead atoms. The molecule has 0 aliphatic rings. The van der Waals surface area contributed by atoms with Gasteiger partial charge in [-0.3, -0.25) is 0 Å². The van der Waals surface area contributed by atoms with Crippen LogP contribution in [0.1, 0.15) is 11.1 Å². The first kappa shape index (κ1) is 14.2. The highest BCUT2D eigenvalue weighted by atomic mass is 16.5. The second kappa shape index (κ2) is 6.77. The van der Waals surface area contributed by atoms with E-state index in [0.29, 0.717) is 0 Å². The first-order chi connectivity index (χ1) is 10.9. The molecule has 0 radical (unpaired) electrons. The van der Waals surface area contributed by atoms with Gasteiger partial charge in [0, 0.05) is 0 Å². The normalized spacial score (nSPS) is 10.8. The molecule has 0 saturated heterocycles. The summed E-state index contributed by atoms with van der Waals surface area (Å²) >= 11 is 0. The number of methoxy groups -OCH3 is 1. The summed E-state index contributed by atoms with van der Waals surface area (Å²) in [6.07, 6.45) is 4.30. The second-order valence-corrected chi connectivity index (χ2v) is 5.06. The van der Waals surface area contributed by atoms with Crippen molar-refractivity contribution in [1.29, 1.82) is 0 Å². The quantitative estimate of drug-likeness (QED) is 0.573. The third kappa shape index (κ3) is 3.26. The van der Waals surface area contributed by atoms with Gasteiger partial charge in [0.1, 0.15) is 5.75 Å². The molecular weight excluding hydrogens is 268 g/mol. The van der Waals surface area contributed by atoms with Crippen LogP contribution in [0, 0.1) is 0 Å². The van der Waals surface area contributed by atoms with Crippen molar-refractivity contribution in [1.82, 2.24) is 0 Å². The Balaban J connectivity index is 1.94. The summed E-state index contributed by atoms with van der Waals surface area (Å²) < 4.78 is 5.23. The molecule has 3 aromatic carbocycles. The minimum atomic E-state index is 0.876. The van der Waals surface area contributed by atoms with E-state index in [2.05, 4.69) is 72.8 Å². The van der Waals surface area contributed by atoms with Crippen molar-refractivity contribution in [3.05, 3.63) is 90.0 Å². The summed E-state index contributed by atoms with van der Waals surface area (Å²) in [5.41, 5.74) is 4.81. The lowest BCUT2D eigenvalue weighted by atomic mass is 9.99. The summed E-state index contributed by atoms with van der Waals surface area (Å²) in [4.78, 5) is 0. The zero-order valence-electron chi connectivity index (χ0n) is 12.6. The van der Waals surface area contributed by atoms with E-state index >= 15 is 0 Å². The van der Waals surface area contributed by atoms with Gasteiger partial charge in [0.2, 0.25) is 0 Å². The smallest absolute Gasteiger partial charge is 0.118 e. The lowest BCUT2D eigenvalue weighted by Crippen LogP contribution is -1.85. The number of hydrogen-bond donors (Lipinski definition) is 0. The molecule has 0 amide bonds. The maximum absolute atomic E-state index is 5.23. The van der Waals surface area contributed by atoms with Gasteiger partial charge >= 0.3 is 0 Å². The molecular formula is C21H18O. The van der Waals surface area contributed by atoms with Crippen molar-refractivity contribution in [2.24, 2.45) is 0 Å². The zero-order valence-corrected chi connectivity index (χ0v) is 12.6. The molecule has 0 spiro atoms. The number of rotatable bonds is 4. The van der Waals surface area contributed by atoms with Crippen molar-refractivity contribution in [3.63, 3.8) is 0 Å². The van der Waals surface area contributed by atoms with Gasteiger partial charge < -0.3 is 4.74 Å². The van der Waals surface area contributed by atoms with Crippen molar-refractivity contribution in [2.45, 2.75) is 0 Å². The Kier molecular flexibility index (Phi) is 4.35. The third-order valence-electron chi connectivity index (χ3n) is 3.62. The van der Waals surface area contributed by atoms with Crippen LogP contribution in [0.5, 0.6) is 5.75 Å². The Labute approximate surface area is 131 Å². The van der Waals surface area contributed by atoms with Crippen LogP contribution in [0.2, 0.25) is 0 Å². The largest absolute Gasteiger partial charge is 0.497 e. The number of hydrogen-bond acceptors (Lipinski definition) is 1. The molecule has 108 valence electrons. The Bertz CT molecular complexity index is 755. The van der Waals surface area contributed by atoms with Crippen molar-refractivity contribution in [3.8, 4) is 16.9 Å². The van der Waals surface area contributed by atoms with Crippen LogP contribution in [-0.2, 0) is 0 Å². The highest BCUT2D eigenvalue weighted by molar-refractivity contribution is 5.80. The monoisotopic (exact) mass is 286 g/mol. The topological polar surface area (TPSA) is 9.23 Å². The third-order valence-corrected chi connectivity index (χ3v) is 3.62. The van der Waals surface area contributed by atoms with Gasteiger partial charge in [-0.25, -0.2) is 0 Å². The predicted octanol–water partition coefficient (Wildman–Crippen LogP) is 5.53. The van der Waals surface area contributed by atoms with E-state index in [0.717, 1.165) is 5.75 Å². The van der Waals surface area contributed by atoms with Gasteiger partial charge in [-0.2, -0.15) is 0 Å². The first-order valence-corrected chi connectivity index (χ1v) is 7.33. The number of benzene rings is 3. The first-order valence-electron chi connectivity index (χ1n) is 7.33. The molecule has 0 unspecified atom stereocenters. The zero-order chi connectivity index (χ0) is 15.2. The van der Waals surface area contributed by atoms with E-state index in [9.17, 15) is 0 Å². The standard InChI is InChI=1S/C21H18O/c1-22-20-15-13-19(14-16-20)21-10-6-5-9-18(21)12-11-17-7-3-2-4-8-17/h2-16H,1H3. The fourth-order valence-electron chi connectivity index (χ4n) is 2.43. The molecule has 0 aliphatic heterocycles. The van der Waals surface area contributed by atoms with Crippen LogP contribution in [0.25, 0.3) is 23.3 Å². The van der Waals surface area contributed by atoms with Crippen molar-refractivity contribution >= 4 is 12.2 Å². The molecule has 22 heavy (non-hydrogen) atoms. The van der Waals surface area contributed by atoms with Crippen LogP contribution in [0.15, 0.2) is 78.9 Å². The molecule has 0 aromatic heterocycles. The van der Waals surface area contributed by atoms with Crippen LogP contribution < -0.4 is 4.74 Å². The van der Waals surface area contributed by atoms with Crippen LogP contribution >= 0.6 is 0 Å². The van der Waals surface area contributed by atoms with Crippen LogP contribution in [0.3, 0.4) is 0 Å². The fraction of sp³-hybridized carbons (Fsp3) is 0.0476. The minimum Gasteiger partial charge on any atom is -0.497 e. The van der Waals surface area contributed by atoms with E-state index in [4.69, 9.17) is 4.74 Å². The Morgan fingerprint density at radius 1 is 0.682 bits per heavy atom. The van der Waals surface area contributed by atoms with Gasteiger partial charge in [-0.15, -0.1) is 0 Å². The van der Waals surface area contributed by atoms with Crippen LogP contribution in [-0.4, -0.2) is 7.11 Å². The molecule has 1 heteroatoms. The molecule has 1 nitrogen and oxygen atoms in total. The van der Waals surface area contributed by atoms with E-state index in [-0.39, 0.29) is 0 Å². The summed E-state index contributed by atoms with van der Waals surface area (Å²) in [7, 11) is 1.69. The van der Waals surface area contributed by atoms with Gasteiger partial charge in [0.15, 0.2) is 0 Å². The summed E-state index contributed by atoms with van der Waals surface area (Å²) in [5, 5.41) is 0. The molecule has 0 heterocycles. The lowest BCUT2D eigenvalue weighted by Gasteiger charge is -2.07. The molecule has 0 N–H and O–H groups in total. The Hall–Kier alpha value is -2.80. The average molecular weight is 286 g/mol. The maximum Gasteiger partial charge on any atom is 0.118 e. The Morgan fingerprint density at radius 2 is 1.36 bits per heavy atom. The molecule has 0 saturated carbocycles.